The van der Waals surface area contributed by atoms with E-state index < -0.39 is 71.4 Å². The van der Waals surface area contributed by atoms with Crippen LogP contribution in [0.2, 0.25) is 0 Å². The van der Waals surface area contributed by atoms with Crippen LogP contribution in [0.25, 0.3) is 11.0 Å². The molecule has 2 N–H and O–H groups in total. The molecule has 0 radical (unpaired) electrons. The molecule has 47 heavy (non-hydrogen) atoms. The van der Waals surface area contributed by atoms with Gasteiger partial charge in [-0.15, -0.1) is 0 Å². The van der Waals surface area contributed by atoms with Crippen molar-refractivity contribution in [3.05, 3.63) is 23.9 Å². The Morgan fingerprint density at radius 3 is 2.49 bits per heavy atom. The lowest BCUT2D eigenvalue weighted by atomic mass is 9.71. The van der Waals surface area contributed by atoms with Crippen LogP contribution in [0.3, 0.4) is 0 Å². The fourth-order valence-corrected chi connectivity index (χ4v) is 7.98. The number of nitrogens with zero attached hydrogens (tertiary/aromatic N) is 3. The van der Waals surface area contributed by atoms with Crippen LogP contribution < -0.4 is 14.8 Å². The Hall–Kier alpha value is -3.77. The van der Waals surface area contributed by atoms with Crippen LogP contribution in [0.1, 0.15) is 78.3 Å². The Labute approximate surface area is 272 Å². The van der Waals surface area contributed by atoms with Crippen LogP contribution in [0.4, 0.5) is 13.6 Å². The van der Waals surface area contributed by atoms with E-state index in [2.05, 4.69) is 15.3 Å². The number of carboxylic acid groups (broad SMARTS) is 1. The first-order valence-corrected chi connectivity index (χ1v) is 16.6. The van der Waals surface area contributed by atoms with Crippen LogP contribution in [-0.4, -0.2) is 75.9 Å². The fraction of sp³-hybridized carbons (Fsp3) is 0.676. The molecule has 11 nitrogen and oxygen atoms in total. The molecule has 2 saturated carbocycles. The highest BCUT2D eigenvalue weighted by molar-refractivity contribution is 5.90. The second-order valence-electron chi connectivity index (χ2n) is 14.8. The lowest BCUT2D eigenvalue weighted by molar-refractivity contribution is -0.151. The van der Waals surface area contributed by atoms with E-state index in [-0.39, 0.29) is 36.0 Å². The summed E-state index contributed by atoms with van der Waals surface area (Å²) in [5, 5.41) is 13.0. The van der Waals surface area contributed by atoms with Crippen LogP contribution in [0.15, 0.2) is 18.2 Å². The van der Waals surface area contributed by atoms with Gasteiger partial charge in [0, 0.05) is 18.4 Å². The number of alkyl halides is 2. The SMILES string of the molecule is COc1ccc2nc3c(nc2c1)O[C@H]1CN(C(=O)[C@H](C(C)(C)C)NC(=O)O[C@@H]2C[C@@H]4CC[C@@H]4[C@H]2CCCCC3(F)F)[C@H](C(=O)O)[C@@H]1C. The van der Waals surface area contributed by atoms with Gasteiger partial charge < -0.3 is 29.5 Å². The summed E-state index contributed by atoms with van der Waals surface area (Å²) in [5.41, 5.74) is -0.928. The number of carboxylic acids is 1. The first-order chi connectivity index (χ1) is 22.2. The number of hydrogen-bond acceptors (Lipinski definition) is 8. The average Bonchev–Trinajstić information content (AvgIpc) is 3.43. The number of fused-ring (bicyclic) bond motifs is 7. The van der Waals surface area contributed by atoms with Crippen molar-refractivity contribution in [1.29, 1.82) is 0 Å². The summed E-state index contributed by atoms with van der Waals surface area (Å²) in [6, 6.07) is 2.27. The lowest BCUT2D eigenvalue weighted by Gasteiger charge is -2.35. The van der Waals surface area contributed by atoms with Gasteiger partial charge in [-0.3, -0.25) is 4.79 Å². The highest BCUT2D eigenvalue weighted by atomic mass is 19.3. The van der Waals surface area contributed by atoms with Gasteiger partial charge in [0.1, 0.15) is 30.0 Å². The molecule has 256 valence electrons. The first-order valence-electron chi connectivity index (χ1n) is 16.6. The molecule has 1 aromatic heterocycles. The van der Waals surface area contributed by atoms with E-state index in [0.717, 1.165) is 17.7 Å². The van der Waals surface area contributed by atoms with Crippen molar-refractivity contribution in [2.24, 2.45) is 29.1 Å². The van der Waals surface area contributed by atoms with Crippen molar-refractivity contribution in [3.63, 3.8) is 0 Å². The molecule has 0 spiro atoms. The molecular formula is C34H44F2N4O7. The molecule has 2 aliphatic carbocycles. The zero-order valence-electron chi connectivity index (χ0n) is 27.5. The number of hydrogen-bond donors (Lipinski definition) is 2. The zero-order chi connectivity index (χ0) is 33.8. The third-order valence-corrected chi connectivity index (χ3v) is 10.7. The number of carbonyl (C=O) groups is 3. The summed E-state index contributed by atoms with van der Waals surface area (Å²) < 4.78 is 49.6. The van der Waals surface area contributed by atoms with E-state index in [1.165, 1.54) is 7.11 Å². The summed E-state index contributed by atoms with van der Waals surface area (Å²) in [6.07, 6.45) is 1.50. The molecule has 2 amide bonds. The van der Waals surface area contributed by atoms with Gasteiger partial charge in [0.2, 0.25) is 11.8 Å². The average molecular weight is 659 g/mol. The Bertz CT molecular complexity index is 1550. The molecule has 6 rings (SSSR count). The van der Waals surface area contributed by atoms with Gasteiger partial charge in [-0.2, -0.15) is 8.78 Å². The minimum Gasteiger partial charge on any atom is -0.497 e. The molecule has 1 saturated heterocycles. The van der Waals surface area contributed by atoms with E-state index in [0.29, 0.717) is 36.8 Å². The van der Waals surface area contributed by atoms with Crippen LogP contribution in [-0.2, 0) is 20.2 Å². The smallest absolute Gasteiger partial charge is 0.408 e. The highest BCUT2D eigenvalue weighted by Crippen LogP contribution is 2.53. The molecule has 2 bridgehead atoms. The maximum atomic E-state index is 16.1. The van der Waals surface area contributed by atoms with Crippen molar-refractivity contribution in [2.75, 3.05) is 13.7 Å². The molecule has 2 aliphatic heterocycles. The molecule has 8 atom stereocenters. The van der Waals surface area contributed by atoms with Crippen LogP contribution >= 0.6 is 0 Å². The summed E-state index contributed by atoms with van der Waals surface area (Å²) >= 11 is 0. The minimum atomic E-state index is -3.41. The van der Waals surface area contributed by atoms with Gasteiger partial charge >= 0.3 is 12.1 Å². The quantitative estimate of drug-likeness (QED) is 0.426. The maximum Gasteiger partial charge on any atom is 0.408 e. The van der Waals surface area contributed by atoms with Gasteiger partial charge in [0.25, 0.3) is 5.92 Å². The van der Waals surface area contributed by atoms with Crippen molar-refractivity contribution < 1.29 is 42.5 Å². The summed E-state index contributed by atoms with van der Waals surface area (Å²) in [5.74, 6) is -5.23. The molecule has 3 heterocycles. The highest BCUT2D eigenvalue weighted by Gasteiger charge is 2.52. The molecular weight excluding hydrogens is 614 g/mol. The second-order valence-corrected chi connectivity index (χ2v) is 14.8. The maximum absolute atomic E-state index is 16.1. The Kier molecular flexibility index (Phi) is 8.71. The lowest BCUT2D eigenvalue weighted by Crippen LogP contribution is -2.57. The van der Waals surface area contributed by atoms with E-state index in [1.807, 2.05) is 0 Å². The van der Waals surface area contributed by atoms with Gasteiger partial charge in [-0.05, 0) is 67.4 Å². The molecule has 0 unspecified atom stereocenters. The number of rotatable bonds is 2. The van der Waals surface area contributed by atoms with Crippen molar-refractivity contribution >= 4 is 29.0 Å². The summed E-state index contributed by atoms with van der Waals surface area (Å²) in [7, 11) is 1.48. The number of carbonyl (C=O) groups excluding carboxylic acids is 2. The molecule has 3 fully saturated rings. The third-order valence-electron chi connectivity index (χ3n) is 10.7. The van der Waals surface area contributed by atoms with Gasteiger partial charge in [-0.1, -0.05) is 34.1 Å². The summed E-state index contributed by atoms with van der Waals surface area (Å²) in [4.78, 5) is 50.0. The zero-order valence-corrected chi connectivity index (χ0v) is 27.5. The standard InChI is InChI=1S/C34H44F2N4O7/c1-17-25-16-40(26(17)31(42)43)30(41)28(33(2,3)4)39-32(44)47-24-14-18-9-11-20(18)21(24)8-6-7-13-34(35,36)27-29(46-25)38-23-15-19(45-5)10-12-22(23)37-27/h10,12,15,17-18,20-21,24-26,28H,6-9,11,13-14,16H2,1-5H3,(H,39,44)(H,42,43)/t17-,18+,20+,21-,24-,25+,26+,28-/m1/s1. The third kappa shape index (κ3) is 6.29. The number of amides is 2. The molecule has 2 aromatic rings. The molecule has 1 aromatic carbocycles. The molecule has 13 heteroatoms. The van der Waals surface area contributed by atoms with E-state index >= 15 is 8.78 Å². The topological polar surface area (TPSA) is 140 Å². The van der Waals surface area contributed by atoms with Crippen molar-refractivity contribution in [1.82, 2.24) is 20.2 Å². The monoisotopic (exact) mass is 658 g/mol. The second kappa shape index (κ2) is 12.4. The van der Waals surface area contributed by atoms with E-state index in [4.69, 9.17) is 14.2 Å². The number of halogens is 2. The Morgan fingerprint density at radius 2 is 1.83 bits per heavy atom. The largest absolute Gasteiger partial charge is 0.497 e. The van der Waals surface area contributed by atoms with Gasteiger partial charge in [0.15, 0.2) is 5.69 Å². The van der Waals surface area contributed by atoms with Gasteiger partial charge in [0.05, 0.1) is 24.7 Å². The minimum absolute atomic E-state index is 0.0433. The number of benzene rings is 1. The number of aliphatic carboxylic acids is 1. The fourth-order valence-electron chi connectivity index (χ4n) is 7.98. The summed E-state index contributed by atoms with van der Waals surface area (Å²) in [6.45, 7) is 6.69. The van der Waals surface area contributed by atoms with Gasteiger partial charge in [-0.25, -0.2) is 19.6 Å². The van der Waals surface area contributed by atoms with E-state index in [9.17, 15) is 19.5 Å². The number of ether oxygens (including phenoxy) is 3. The number of aromatic nitrogens is 2. The Balaban J connectivity index is 1.41. The van der Waals surface area contributed by atoms with Crippen molar-refractivity contribution in [2.45, 2.75) is 103 Å². The normalized spacial score (nSPS) is 32.8. The number of alkyl carbamates (subject to hydrolysis) is 1. The van der Waals surface area contributed by atoms with E-state index in [1.54, 1.807) is 45.9 Å². The predicted molar refractivity (Wildman–Crippen MR) is 166 cm³/mol. The molecule has 4 aliphatic rings. The number of nitrogens with one attached hydrogen (secondary N) is 1. The van der Waals surface area contributed by atoms with Crippen LogP contribution in [0.5, 0.6) is 11.6 Å². The first kappa shape index (κ1) is 33.1. The Morgan fingerprint density at radius 1 is 1.06 bits per heavy atom. The van der Waals surface area contributed by atoms with Crippen LogP contribution in [0, 0.1) is 29.1 Å². The predicted octanol–water partition coefficient (Wildman–Crippen LogP) is 5.54. The van der Waals surface area contributed by atoms with Crippen molar-refractivity contribution in [3.8, 4) is 11.6 Å². The number of methoxy groups -OCH3 is 1.